The van der Waals surface area contributed by atoms with Gasteiger partial charge in [0.25, 0.3) is 0 Å². The van der Waals surface area contributed by atoms with Gasteiger partial charge >= 0.3 is 0 Å². The van der Waals surface area contributed by atoms with Gasteiger partial charge in [-0.3, -0.25) is 0 Å². The zero-order valence-corrected chi connectivity index (χ0v) is 13.5. The predicted molar refractivity (Wildman–Crippen MR) is 83.6 cm³/mol. The summed E-state index contributed by atoms with van der Waals surface area (Å²) in [6.07, 6.45) is 0. The maximum absolute atomic E-state index is 10.1. The second kappa shape index (κ2) is 5.77. The maximum atomic E-state index is 10.1. The van der Waals surface area contributed by atoms with Crippen LogP contribution in [-0.2, 0) is 0 Å². The summed E-state index contributed by atoms with van der Waals surface area (Å²) in [6.45, 7) is 0. The number of phenols is 1. The number of aromatic hydroxyl groups is 1. The van der Waals surface area contributed by atoms with Crippen molar-refractivity contribution in [2.45, 2.75) is 0 Å². The van der Waals surface area contributed by atoms with Crippen LogP contribution in [0.25, 0.3) is 11.1 Å². The van der Waals surface area contributed by atoms with Gasteiger partial charge in [-0.05, 0) is 6.07 Å². The van der Waals surface area contributed by atoms with Crippen molar-refractivity contribution in [1.82, 2.24) is 0 Å². The average molecular weight is 377 g/mol. The molecular formula is C12H4Cl6O. The first-order chi connectivity index (χ1) is 8.86. The van der Waals surface area contributed by atoms with Gasteiger partial charge in [0, 0.05) is 11.1 Å². The molecule has 1 nitrogen and oxygen atoms in total. The van der Waals surface area contributed by atoms with Crippen LogP contribution in [0, 0.1) is 0 Å². The van der Waals surface area contributed by atoms with Crippen LogP contribution < -0.4 is 0 Å². The Bertz CT molecular complexity index is 639. The monoisotopic (exact) mass is 374 g/mol. The molecule has 0 aliphatic heterocycles. The van der Waals surface area contributed by atoms with Gasteiger partial charge in [-0.25, -0.2) is 0 Å². The van der Waals surface area contributed by atoms with Crippen LogP contribution in [-0.4, -0.2) is 5.11 Å². The van der Waals surface area contributed by atoms with Crippen LogP contribution in [0.2, 0.25) is 30.1 Å². The minimum Gasteiger partial charge on any atom is -0.506 e. The molecule has 0 atom stereocenters. The molecule has 2 aromatic rings. The first kappa shape index (κ1) is 15.4. The Morgan fingerprint density at radius 1 is 0.684 bits per heavy atom. The second-order valence-corrected chi connectivity index (χ2v) is 5.88. The highest BCUT2D eigenvalue weighted by Crippen LogP contribution is 2.51. The third-order valence-corrected chi connectivity index (χ3v) is 5.07. The molecule has 0 saturated heterocycles. The molecule has 0 bridgehead atoms. The molecule has 0 aliphatic rings. The highest BCUT2D eigenvalue weighted by molar-refractivity contribution is 6.54. The van der Waals surface area contributed by atoms with Crippen molar-refractivity contribution in [2.75, 3.05) is 0 Å². The SMILES string of the molecule is Oc1c(Cl)c(Cl)c(Cl)c(Cl)c1-c1cccc(Cl)c1Cl. The van der Waals surface area contributed by atoms with Gasteiger partial charge in [-0.15, -0.1) is 0 Å². The molecule has 0 spiro atoms. The minimum absolute atomic E-state index is 0.0206. The van der Waals surface area contributed by atoms with E-state index in [9.17, 15) is 5.11 Å². The number of phenolic OH excluding ortho intramolecular Hbond substituents is 1. The van der Waals surface area contributed by atoms with Crippen molar-refractivity contribution in [3.05, 3.63) is 48.3 Å². The van der Waals surface area contributed by atoms with E-state index in [-0.39, 0.29) is 36.4 Å². The summed E-state index contributed by atoms with van der Waals surface area (Å²) in [5, 5.41) is 10.6. The fourth-order valence-corrected chi connectivity index (χ4v) is 2.90. The third-order valence-electron chi connectivity index (χ3n) is 2.46. The van der Waals surface area contributed by atoms with Crippen LogP contribution in [0.15, 0.2) is 18.2 Å². The van der Waals surface area contributed by atoms with E-state index < -0.39 is 0 Å². The Morgan fingerprint density at radius 2 is 1.26 bits per heavy atom. The van der Waals surface area contributed by atoms with E-state index in [2.05, 4.69) is 0 Å². The molecule has 0 unspecified atom stereocenters. The number of rotatable bonds is 1. The lowest BCUT2D eigenvalue weighted by Crippen LogP contribution is -1.87. The lowest BCUT2D eigenvalue weighted by Gasteiger charge is -2.14. The molecule has 100 valence electrons. The fraction of sp³-hybridized carbons (Fsp3) is 0. The molecule has 0 saturated carbocycles. The van der Waals surface area contributed by atoms with Gasteiger partial charge < -0.3 is 5.11 Å². The molecule has 2 aromatic carbocycles. The Morgan fingerprint density at radius 3 is 1.89 bits per heavy atom. The first-order valence-corrected chi connectivity index (χ1v) is 7.12. The average Bonchev–Trinajstić information content (AvgIpc) is 2.39. The van der Waals surface area contributed by atoms with E-state index in [1.165, 1.54) is 0 Å². The molecule has 0 fully saturated rings. The second-order valence-electron chi connectivity index (χ2n) is 3.58. The quantitative estimate of drug-likeness (QED) is 0.420. The van der Waals surface area contributed by atoms with Gasteiger partial charge in [0.15, 0.2) is 0 Å². The zero-order valence-electron chi connectivity index (χ0n) is 8.95. The summed E-state index contributed by atoms with van der Waals surface area (Å²) in [6, 6.07) is 4.91. The topological polar surface area (TPSA) is 20.2 Å². The van der Waals surface area contributed by atoms with Crippen LogP contribution >= 0.6 is 69.6 Å². The van der Waals surface area contributed by atoms with Crippen LogP contribution in [0.3, 0.4) is 0 Å². The summed E-state index contributed by atoms with van der Waals surface area (Å²) in [5.74, 6) is -0.301. The highest BCUT2D eigenvalue weighted by atomic mass is 35.5. The number of hydrogen-bond acceptors (Lipinski definition) is 1. The van der Waals surface area contributed by atoms with Crippen molar-refractivity contribution in [3.8, 4) is 16.9 Å². The largest absolute Gasteiger partial charge is 0.506 e. The Labute approximate surface area is 139 Å². The van der Waals surface area contributed by atoms with E-state index in [1.54, 1.807) is 18.2 Å². The highest BCUT2D eigenvalue weighted by Gasteiger charge is 2.23. The molecule has 0 aliphatic carbocycles. The Hall–Kier alpha value is -0.0200. The summed E-state index contributed by atoms with van der Waals surface area (Å²) >= 11 is 35.8. The first-order valence-electron chi connectivity index (χ1n) is 4.85. The number of hydrogen-bond donors (Lipinski definition) is 1. The Kier molecular flexibility index (Phi) is 4.67. The standard InChI is InChI=1S/C12H4Cl6O/c13-5-3-1-2-4(7(5)14)6-8(15)9(16)10(17)11(18)12(6)19/h1-3,19H. The third kappa shape index (κ3) is 2.61. The van der Waals surface area contributed by atoms with E-state index in [1.807, 2.05) is 0 Å². The summed E-state index contributed by atoms with van der Waals surface area (Å²) in [4.78, 5) is 0. The smallest absolute Gasteiger partial charge is 0.145 e. The maximum Gasteiger partial charge on any atom is 0.145 e. The van der Waals surface area contributed by atoms with Crippen molar-refractivity contribution in [1.29, 1.82) is 0 Å². The van der Waals surface area contributed by atoms with Gasteiger partial charge in [0.05, 0.1) is 25.1 Å². The lowest BCUT2D eigenvalue weighted by molar-refractivity contribution is 0.477. The van der Waals surface area contributed by atoms with Crippen LogP contribution in [0.4, 0.5) is 0 Å². The summed E-state index contributed by atoms with van der Waals surface area (Å²) < 4.78 is 0. The summed E-state index contributed by atoms with van der Waals surface area (Å²) in [5.41, 5.74) is 0.603. The molecule has 0 aromatic heterocycles. The number of halogens is 6. The molecule has 0 radical (unpaired) electrons. The van der Waals surface area contributed by atoms with Gasteiger partial charge in [0.2, 0.25) is 0 Å². The zero-order chi connectivity index (χ0) is 14.3. The molecule has 0 heterocycles. The van der Waals surface area contributed by atoms with Crippen molar-refractivity contribution in [3.63, 3.8) is 0 Å². The molecule has 0 amide bonds. The Balaban J connectivity index is 2.87. The van der Waals surface area contributed by atoms with Crippen LogP contribution in [0.5, 0.6) is 5.75 Å². The normalized spacial score (nSPS) is 10.8. The molecule has 2 rings (SSSR count). The summed E-state index contributed by atoms with van der Waals surface area (Å²) in [7, 11) is 0. The van der Waals surface area contributed by atoms with Crippen molar-refractivity contribution < 1.29 is 5.11 Å². The minimum atomic E-state index is -0.301. The van der Waals surface area contributed by atoms with Gasteiger partial charge in [-0.1, -0.05) is 81.7 Å². The van der Waals surface area contributed by atoms with Gasteiger partial charge in [0.1, 0.15) is 10.8 Å². The van der Waals surface area contributed by atoms with E-state index in [0.717, 1.165) is 0 Å². The molecular weight excluding hydrogens is 373 g/mol. The van der Waals surface area contributed by atoms with Crippen molar-refractivity contribution >= 4 is 69.6 Å². The fourth-order valence-electron chi connectivity index (χ4n) is 1.56. The van der Waals surface area contributed by atoms with Gasteiger partial charge in [-0.2, -0.15) is 0 Å². The predicted octanol–water partition coefficient (Wildman–Crippen LogP) is 6.98. The molecule has 19 heavy (non-hydrogen) atoms. The van der Waals surface area contributed by atoms with E-state index in [4.69, 9.17) is 69.6 Å². The number of benzene rings is 2. The van der Waals surface area contributed by atoms with Crippen molar-refractivity contribution in [2.24, 2.45) is 0 Å². The lowest BCUT2D eigenvalue weighted by atomic mass is 10.0. The van der Waals surface area contributed by atoms with Crippen LogP contribution in [0.1, 0.15) is 0 Å². The van der Waals surface area contributed by atoms with E-state index >= 15 is 0 Å². The molecule has 1 N–H and O–H groups in total. The molecule has 7 heteroatoms. The van der Waals surface area contributed by atoms with E-state index in [0.29, 0.717) is 10.6 Å².